The SMILES string of the molecule is CCOC(=O)CN(C)Cc1cn2ccsc2n1. The van der Waals surface area contributed by atoms with Gasteiger partial charge in [-0.3, -0.25) is 14.1 Å². The molecule has 92 valence electrons. The van der Waals surface area contributed by atoms with E-state index in [1.165, 1.54) is 0 Å². The molecule has 0 aliphatic heterocycles. The molecule has 0 bridgehead atoms. The smallest absolute Gasteiger partial charge is 0.320 e. The highest BCUT2D eigenvalue weighted by Gasteiger charge is 2.10. The molecule has 0 N–H and O–H groups in total. The summed E-state index contributed by atoms with van der Waals surface area (Å²) in [5.41, 5.74) is 0.962. The molecule has 0 saturated heterocycles. The van der Waals surface area contributed by atoms with Crippen molar-refractivity contribution in [2.45, 2.75) is 13.5 Å². The van der Waals surface area contributed by atoms with Crippen LogP contribution in [-0.2, 0) is 16.1 Å². The highest BCUT2D eigenvalue weighted by molar-refractivity contribution is 7.15. The molecule has 2 rings (SSSR count). The number of rotatable bonds is 5. The lowest BCUT2D eigenvalue weighted by atomic mass is 10.4. The van der Waals surface area contributed by atoms with E-state index in [1.807, 2.05) is 34.1 Å². The Hall–Kier alpha value is -1.40. The van der Waals surface area contributed by atoms with Crippen LogP contribution in [-0.4, -0.2) is 40.5 Å². The van der Waals surface area contributed by atoms with Crippen molar-refractivity contribution in [1.29, 1.82) is 0 Å². The molecule has 0 spiro atoms. The molecule has 0 saturated carbocycles. The van der Waals surface area contributed by atoms with E-state index in [0.717, 1.165) is 10.7 Å². The number of ether oxygens (including phenoxy) is 1. The zero-order valence-electron chi connectivity index (χ0n) is 9.92. The molecule has 0 amide bonds. The van der Waals surface area contributed by atoms with Crippen LogP contribution >= 0.6 is 11.3 Å². The van der Waals surface area contributed by atoms with Crippen molar-refractivity contribution in [1.82, 2.24) is 14.3 Å². The minimum Gasteiger partial charge on any atom is -0.465 e. The minimum absolute atomic E-state index is 0.198. The van der Waals surface area contributed by atoms with Gasteiger partial charge in [0.25, 0.3) is 0 Å². The quantitative estimate of drug-likeness (QED) is 0.755. The van der Waals surface area contributed by atoms with Crippen LogP contribution in [0.3, 0.4) is 0 Å². The molecular weight excluding hydrogens is 238 g/mol. The van der Waals surface area contributed by atoms with Gasteiger partial charge >= 0.3 is 5.97 Å². The standard InChI is InChI=1S/C11H15N3O2S/c1-3-16-10(15)8-13(2)6-9-7-14-4-5-17-11(14)12-9/h4-5,7H,3,6,8H2,1-2H3. The highest BCUT2D eigenvalue weighted by atomic mass is 32.1. The van der Waals surface area contributed by atoms with Gasteiger partial charge in [0.2, 0.25) is 0 Å². The van der Waals surface area contributed by atoms with Gasteiger partial charge in [-0.25, -0.2) is 4.98 Å². The lowest BCUT2D eigenvalue weighted by molar-refractivity contribution is -0.144. The third kappa shape index (κ3) is 3.04. The summed E-state index contributed by atoms with van der Waals surface area (Å²) in [6, 6.07) is 0. The Bertz CT molecular complexity index is 477. The van der Waals surface area contributed by atoms with E-state index in [4.69, 9.17) is 4.74 Å². The van der Waals surface area contributed by atoms with E-state index in [0.29, 0.717) is 19.7 Å². The number of nitrogens with zero attached hydrogens (tertiary/aromatic N) is 3. The molecule has 2 heterocycles. The lowest BCUT2D eigenvalue weighted by Gasteiger charge is -2.13. The van der Waals surface area contributed by atoms with Crippen LogP contribution in [0.25, 0.3) is 4.96 Å². The average molecular weight is 253 g/mol. The molecule has 0 aromatic carbocycles. The van der Waals surface area contributed by atoms with Crippen LogP contribution in [0.1, 0.15) is 12.6 Å². The van der Waals surface area contributed by atoms with Crippen molar-refractivity contribution < 1.29 is 9.53 Å². The van der Waals surface area contributed by atoms with Gasteiger partial charge < -0.3 is 4.74 Å². The number of esters is 1. The lowest BCUT2D eigenvalue weighted by Crippen LogP contribution is -2.27. The number of hydrogen-bond acceptors (Lipinski definition) is 5. The van der Waals surface area contributed by atoms with Crippen molar-refractivity contribution in [2.24, 2.45) is 0 Å². The first-order valence-electron chi connectivity index (χ1n) is 5.44. The summed E-state index contributed by atoms with van der Waals surface area (Å²) < 4.78 is 6.87. The summed E-state index contributed by atoms with van der Waals surface area (Å²) in [5.74, 6) is -0.198. The Morgan fingerprint density at radius 2 is 2.47 bits per heavy atom. The number of likely N-dealkylation sites (N-methyl/N-ethyl adjacent to an activating group) is 1. The molecule has 2 aromatic heterocycles. The second kappa shape index (κ2) is 5.29. The molecular formula is C11H15N3O2S. The van der Waals surface area contributed by atoms with Gasteiger partial charge in [-0.15, -0.1) is 11.3 Å². The fourth-order valence-electron chi connectivity index (χ4n) is 1.61. The summed E-state index contributed by atoms with van der Waals surface area (Å²) in [4.78, 5) is 18.6. The third-order valence-corrected chi connectivity index (χ3v) is 3.05. The highest BCUT2D eigenvalue weighted by Crippen LogP contribution is 2.12. The molecule has 2 aromatic rings. The van der Waals surface area contributed by atoms with Gasteiger partial charge in [0.15, 0.2) is 4.96 Å². The number of fused-ring (bicyclic) bond motifs is 1. The first kappa shape index (κ1) is 12.1. The second-order valence-electron chi connectivity index (χ2n) is 3.80. The average Bonchev–Trinajstić information content (AvgIpc) is 2.77. The zero-order chi connectivity index (χ0) is 12.3. The fourth-order valence-corrected chi connectivity index (χ4v) is 2.33. The molecule has 0 atom stereocenters. The summed E-state index contributed by atoms with van der Waals surface area (Å²) in [5, 5.41) is 1.99. The Labute approximate surface area is 104 Å². The van der Waals surface area contributed by atoms with E-state index in [2.05, 4.69) is 4.98 Å². The topological polar surface area (TPSA) is 46.8 Å². The van der Waals surface area contributed by atoms with Crippen LogP contribution in [0.5, 0.6) is 0 Å². The van der Waals surface area contributed by atoms with Crippen molar-refractivity contribution in [3.63, 3.8) is 0 Å². The second-order valence-corrected chi connectivity index (χ2v) is 4.68. The molecule has 0 aliphatic carbocycles. The number of thiazole rings is 1. The molecule has 0 aliphatic rings. The molecule has 6 heteroatoms. The van der Waals surface area contributed by atoms with Crippen molar-refractivity contribution in [3.8, 4) is 0 Å². The van der Waals surface area contributed by atoms with E-state index in [1.54, 1.807) is 18.3 Å². The van der Waals surface area contributed by atoms with Crippen LogP contribution in [0.2, 0.25) is 0 Å². The monoisotopic (exact) mass is 253 g/mol. The predicted octanol–water partition coefficient (Wildman–Crippen LogP) is 1.39. The number of carbonyl (C=O) groups is 1. The first-order valence-corrected chi connectivity index (χ1v) is 6.32. The Balaban J connectivity index is 1.92. The van der Waals surface area contributed by atoms with Crippen LogP contribution in [0.4, 0.5) is 0 Å². The van der Waals surface area contributed by atoms with Crippen molar-refractivity contribution in [3.05, 3.63) is 23.5 Å². The molecule has 17 heavy (non-hydrogen) atoms. The van der Waals surface area contributed by atoms with Crippen LogP contribution < -0.4 is 0 Å². The summed E-state index contributed by atoms with van der Waals surface area (Å²) >= 11 is 1.60. The van der Waals surface area contributed by atoms with Gasteiger partial charge in [0.05, 0.1) is 18.8 Å². The normalized spacial score (nSPS) is 11.2. The van der Waals surface area contributed by atoms with E-state index < -0.39 is 0 Å². The Morgan fingerprint density at radius 1 is 1.65 bits per heavy atom. The number of aromatic nitrogens is 2. The Kier molecular flexibility index (Phi) is 3.75. The zero-order valence-corrected chi connectivity index (χ0v) is 10.7. The number of hydrogen-bond donors (Lipinski definition) is 0. The van der Waals surface area contributed by atoms with E-state index in [-0.39, 0.29) is 5.97 Å². The van der Waals surface area contributed by atoms with E-state index >= 15 is 0 Å². The summed E-state index contributed by atoms with van der Waals surface area (Å²) in [6.07, 6.45) is 3.95. The summed E-state index contributed by atoms with van der Waals surface area (Å²) in [7, 11) is 1.88. The predicted molar refractivity (Wildman–Crippen MR) is 66.0 cm³/mol. The van der Waals surface area contributed by atoms with Crippen molar-refractivity contribution >= 4 is 22.3 Å². The molecule has 0 unspecified atom stereocenters. The van der Waals surface area contributed by atoms with Gasteiger partial charge in [-0.2, -0.15) is 0 Å². The molecule has 0 radical (unpaired) electrons. The van der Waals surface area contributed by atoms with Gasteiger partial charge in [-0.1, -0.05) is 0 Å². The first-order chi connectivity index (χ1) is 8.19. The summed E-state index contributed by atoms with van der Waals surface area (Å²) in [6.45, 7) is 3.17. The maximum Gasteiger partial charge on any atom is 0.320 e. The maximum atomic E-state index is 11.3. The number of carbonyl (C=O) groups excluding carboxylic acids is 1. The maximum absolute atomic E-state index is 11.3. The largest absolute Gasteiger partial charge is 0.465 e. The Morgan fingerprint density at radius 3 is 3.18 bits per heavy atom. The van der Waals surface area contributed by atoms with Crippen LogP contribution in [0, 0.1) is 0 Å². The van der Waals surface area contributed by atoms with Gasteiger partial charge in [0.1, 0.15) is 0 Å². The molecule has 5 nitrogen and oxygen atoms in total. The van der Waals surface area contributed by atoms with Gasteiger partial charge in [0, 0.05) is 24.3 Å². The molecule has 0 fully saturated rings. The van der Waals surface area contributed by atoms with Gasteiger partial charge in [-0.05, 0) is 14.0 Å². The van der Waals surface area contributed by atoms with Crippen LogP contribution in [0.15, 0.2) is 17.8 Å². The van der Waals surface area contributed by atoms with E-state index in [9.17, 15) is 4.79 Å². The minimum atomic E-state index is -0.198. The fraction of sp³-hybridized carbons (Fsp3) is 0.455. The number of imidazole rings is 1. The third-order valence-electron chi connectivity index (χ3n) is 2.28. The van der Waals surface area contributed by atoms with Crippen molar-refractivity contribution in [2.75, 3.05) is 20.2 Å².